The molecule has 95 heavy (non-hydrogen) atoms. The van der Waals surface area contributed by atoms with Crippen LogP contribution in [-0.2, 0) is 57.5 Å². The van der Waals surface area contributed by atoms with Crippen molar-refractivity contribution in [3.05, 3.63) is 12.2 Å². The van der Waals surface area contributed by atoms with Crippen LogP contribution in [0, 0.1) is 35.5 Å². The summed E-state index contributed by atoms with van der Waals surface area (Å²) in [4.78, 5) is 175. The summed E-state index contributed by atoms with van der Waals surface area (Å²) >= 11 is 1.18. The number of rotatable bonds is 22. The van der Waals surface area contributed by atoms with Gasteiger partial charge in [-0.3, -0.25) is 52.7 Å². The summed E-state index contributed by atoms with van der Waals surface area (Å²) in [6.45, 7) is 30.4. The van der Waals surface area contributed by atoms with E-state index in [9.17, 15) is 24.3 Å². The molecule has 1 heterocycles. The molecule has 0 bridgehead atoms. The molecule has 5 N–H and O–H groups in total. The second-order valence-corrected chi connectivity index (χ2v) is 30.3. The highest BCUT2D eigenvalue weighted by Gasteiger charge is 2.47. The zero-order valence-electron chi connectivity index (χ0n) is 63.0. The number of nitrogens with one attached hydrogen (secondary N) is 4. The first-order valence-electron chi connectivity index (χ1n) is 34.1. The lowest BCUT2D eigenvalue weighted by Crippen LogP contribution is -2.64. The van der Waals surface area contributed by atoms with Crippen LogP contribution in [0.3, 0.4) is 0 Å². The van der Waals surface area contributed by atoms with E-state index in [1.54, 1.807) is 68.4 Å². The first-order valence-corrected chi connectivity index (χ1v) is 35.1. The summed E-state index contributed by atoms with van der Waals surface area (Å²) < 4.78 is 5.84. The number of aliphatic hydroxyl groups is 1. The Kier molecular flexibility index (Phi) is 36.8. The maximum absolute atomic E-state index is 15.4. The molecule has 0 aromatic rings. The molecule has 0 saturated carbocycles. The normalized spacial score (nSPS) is 26.3. The molecule has 0 aromatic heterocycles. The highest BCUT2D eigenvalue weighted by atomic mass is 32.2. The Labute approximate surface area is 574 Å². The van der Waals surface area contributed by atoms with E-state index < -0.39 is 160 Å². The fraction of sp³-hybridized carbons (Fsp3) is 0.812. The second kappa shape index (κ2) is 40.1. The van der Waals surface area contributed by atoms with E-state index in [2.05, 4.69) is 21.3 Å². The van der Waals surface area contributed by atoms with Crippen LogP contribution in [0.4, 0.5) is 0 Å². The minimum absolute atomic E-state index is 0.00997. The molecule has 1 saturated heterocycles. The molecule has 0 unspecified atom stereocenters. The smallest absolute Gasteiger partial charge is 0.256 e. The largest absolute Gasteiger partial charge is 0.390 e. The molecular weight excluding hydrogens is 1240 g/mol. The third-order valence-corrected chi connectivity index (χ3v) is 19.4. The molecule has 0 radical (unpaired) electrons. The zero-order chi connectivity index (χ0) is 73.6. The molecule has 546 valence electrons. The lowest BCUT2D eigenvalue weighted by molar-refractivity contribution is -0.157. The van der Waals surface area contributed by atoms with Gasteiger partial charge in [0.15, 0.2) is 5.37 Å². The predicted octanol–water partition coefficient (Wildman–Crippen LogP) is 4.44. The molecule has 13 atom stereocenters. The van der Waals surface area contributed by atoms with Crippen LogP contribution >= 0.6 is 11.8 Å². The fourth-order valence-electron chi connectivity index (χ4n) is 11.7. The molecule has 0 aliphatic carbocycles. The van der Waals surface area contributed by atoms with Crippen molar-refractivity contribution in [2.45, 2.75) is 247 Å². The van der Waals surface area contributed by atoms with Crippen molar-refractivity contribution in [2.24, 2.45) is 35.5 Å². The number of carbonyl (C=O) groups excluding carboxylic acids is 11. The molecule has 1 rings (SSSR count). The Morgan fingerprint density at radius 2 is 1.00 bits per heavy atom. The minimum atomic E-state index is -1.65. The number of ether oxygens (including phenoxy) is 1. The van der Waals surface area contributed by atoms with Crippen LogP contribution in [0.2, 0.25) is 0 Å². The van der Waals surface area contributed by atoms with Crippen molar-refractivity contribution < 1.29 is 62.6 Å². The number of hydrogen-bond donors (Lipinski definition) is 5. The fourth-order valence-corrected chi connectivity index (χ4v) is 12.9. The molecule has 0 spiro atoms. The SMILES string of the molecule is C/C=C/C[C@@H](C)[C@@H](O)[C@H]1C(=O)N[C@@H](CC)C(=O)N(C)[C@H](SCCCCN(C)C)C(=O)N(C)[C@@H](CC(C)(C)OC)C(=O)N[C@@H](C(C)C)C(=O)N(C)[C@@H](CC(C)C)C(=O)N[C@@H](C)C(=O)N[C@H](C)C(=O)N(C)[C@@H](CC(C)C)C(=O)N(C)[C@@H](CC(C)C)C(=O)N(C)[C@@H](C(C)C)C(=O)N1C. The zero-order valence-corrected chi connectivity index (χ0v) is 63.8. The number of methoxy groups -OCH3 is 1. The van der Waals surface area contributed by atoms with E-state index in [-0.39, 0.29) is 49.9 Å². The van der Waals surface area contributed by atoms with Gasteiger partial charge in [0, 0.05) is 62.9 Å². The van der Waals surface area contributed by atoms with Crippen molar-refractivity contribution in [2.75, 3.05) is 82.8 Å². The average Bonchev–Trinajstić information content (AvgIpc) is 0.811. The Morgan fingerprint density at radius 1 is 0.537 bits per heavy atom. The number of thioether (sulfide) groups is 1. The Morgan fingerprint density at radius 3 is 1.47 bits per heavy atom. The van der Waals surface area contributed by atoms with Crippen molar-refractivity contribution in [1.29, 1.82) is 0 Å². The van der Waals surface area contributed by atoms with Gasteiger partial charge >= 0.3 is 0 Å². The van der Waals surface area contributed by atoms with Crippen LogP contribution in [-0.4, -0.2) is 270 Å². The van der Waals surface area contributed by atoms with Gasteiger partial charge in [0.1, 0.15) is 60.4 Å². The molecule has 1 aliphatic rings. The topological polar surface area (TPSA) is 291 Å². The van der Waals surface area contributed by atoms with Crippen molar-refractivity contribution in [3.8, 4) is 0 Å². The highest BCUT2D eigenvalue weighted by Crippen LogP contribution is 2.28. The number of likely N-dealkylation sites (N-methyl/N-ethyl adjacent to an activating group) is 7. The molecule has 25 nitrogen and oxygen atoms in total. The number of unbranched alkanes of at least 4 members (excludes halogenated alkanes) is 1. The lowest BCUT2D eigenvalue weighted by Gasteiger charge is -2.41. The van der Waals surface area contributed by atoms with E-state index in [4.69, 9.17) is 4.74 Å². The number of nitrogens with zero attached hydrogens (tertiary/aromatic N) is 8. The third-order valence-electron chi connectivity index (χ3n) is 18.0. The highest BCUT2D eigenvalue weighted by molar-refractivity contribution is 8.00. The third kappa shape index (κ3) is 25.5. The van der Waals surface area contributed by atoms with E-state index in [1.807, 2.05) is 66.6 Å². The minimum Gasteiger partial charge on any atom is -0.390 e. The van der Waals surface area contributed by atoms with Crippen LogP contribution in [0.25, 0.3) is 0 Å². The maximum Gasteiger partial charge on any atom is 0.256 e. The number of allylic oxidation sites excluding steroid dienone is 2. The van der Waals surface area contributed by atoms with Crippen molar-refractivity contribution in [1.82, 2.24) is 60.5 Å². The molecule has 0 aromatic carbocycles. The Balaban J connectivity index is 4.60. The second-order valence-electron chi connectivity index (χ2n) is 29.1. The molecule has 1 fully saturated rings. The van der Waals surface area contributed by atoms with Gasteiger partial charge in [-0.05, 0) is 141 Å². The van der Waals surface area contributed by atoms with Gasteiger partial charge in [0.2, 0.25) is 59.1 Å². The summed E-state index contributed by atoms with van der Waals surface area (Å²) in [5.41, 5.74) is -1.04. The first kappa shape index (κ1) is 87.2. The monoisotopic (exact) mass is 1360 g/mol. The predicted molar refractivity (Wildman–Crippen MR) is 374 cm³/mol. The molecule has 1 aliphatic heterocycles. The summed E-state index contributed by atoms with van der Waals surface area (Å²) in [6.07, 6.45) is 4.07. The van der Waals surface area contributed by atoms with Crippen molar-refractivity contribution >= 4 is 76.7 Å². The summed E-state index contributed by atoms with van der Waals surface area (Å²) in [6, 6.07) is -12.8. The van der Waals surface area contributed by atoms with Gasteiger partial charge in [-0.1, -0.05) is 95.2 Å². The summed E-state index contributed by atoms with van der Waals surface area (Å²) in [5, 5.41) is 22.2. The number of amides is 11. The summed E-state index contributed by atoms with van der Waals surface area (Å²) in [7, 11) is 15.4. The number of aliphatic hydroxyl groups excluding tert-OH is 1. The Hall–Kier alpha value is -5.86. The molecule has 11 amide bonds. The van der Waals surface area contributed by atoms with E-state index in [0.717, 1.165) is 17.9 Å². The van der Waals surface area contributed by atoms with Gasteiger partial charge in [-0.25, -0.2) is 0 Å². The number of hydrogen-bond acceptors (Lipinski definition) is 15. The van der Waals surface area contributed by atoms with Crippen molar-refractivity contribution in [3.63, 3.8) is 0 Å². The van der Waals surface area contributed by atoms with Crippen LogP contribution in [0.1, 0.15) is 169 Å². The Bertz CT molecular complexity index is 2580. The maximum atomic E-state index is 15.4. The standard InChI is InChI=1S/C69H126N12O13S/c1-28-30-33-45(13)56(82)55-60(86)72-48(29-2)62(88)81(26)68(95-35-32-31-34-74(18)19)67(93)78(23)52(39-69(16,17)94-27)59(85)73-53(43(9)10)65(91)75(20)49(36-40(3)4)58(84)70-46(14)57(83)71-47(15)61(87)76(21)50(37-41(5)6)63(89)77(22)51(38-42(7)8)64(90)79(24)54(44(11)12)66(92)80(55)25/h28,30,40-56,68,82H,29,31-39H2,1-27H3,(H,70,84)(H,71,83)(H,72,86)(H,73,85)/b30-28+/t45-,46+,47-,48+,49+,50+,51+,52+,53+,54+,55+,56-,68-/m1/s1. The first-order chi connectivity index (χ1) is 43.9. The molecule has 26 heteroatoms. The quantitative estimate of drug-likeness (QED) is 0.0740. The van der Waals surface area contributed by atoms with Crippen LogP contribution in [0.5, 0.6) is 0 Å². The van der Waals surface area contributed by atoms with E-state index in [1.165, 1.54) is 111 Å². The van der Waals surface area contributed by atoms with Gasteiger partial charge in [0.25, 0.3) is 5.91 Å². The van der Waals surface area contributed by atoms with Gasteiger partial charge < -0.3 is 70.3 Å². The van der Waals surface area contributed by atoms with Crippen LogP contribution < -0.4 is 21.3 Å². The van der Waals surface area contributed by atoms with Gasteiger partial charge in [0.05, 0.1) is 11.7 Å². The summed E-state index contributed by atoms with van der Waals surface area (Å²) in [5.74, 6) is -9.54. The van der Waals surface area contributed by atoms with Crippen LogP contribution in [0.15, 0.2) is 12.2 Å². The van der Waals surface area contributed by atoms with E-state index in [0.29, 0.717) is 18.6 Å². The average molecular weight is 1360 g/mol. The van der Waals surface area contributed by atoms with Gasteiger partial charge in [-0.15, -0.1) is 11.8 Å². The van der Waals surface area contributed by atoms with Gasteiger partial charge in [-0.2, -0.15) is 0 Å². The number of carbonyl (C=O) groups is 11. The lowest BCUT2D eigenvalue weighted by atomic mass is 9.91. The van der Waals surface area contributed by atoms with E-state index >= 15 is 33.6 Å². The molecular formula is C69H126N12O13S.